The molecule has 0 bridgehead atoms. The number of benzene rings is 3. The second-order valence-corrected chi connectivity index (χ2v) is 7.73. The highest BCUT2D eigenvalue weighted by Gasteiger charge is 2.08. The summed E-state index contributed by atoms with van der Waals surface area (Å²) in [6.07, 6.45) is 2.10. The van der Waals surface area contributed by atoms with E-state index in [1.165, 1.54) is 18.6 Å². The van der Waals surface area contributed by atoms with Crippen LogP contribution >= 0.6 is 0 Å². The minimum Gasteiger partial charge on any atom is -0.484 e. The molecule has 34 heavy (non-hydrogen) atoms. The van der Waals surface area contributed by atoms with Crippen molar-refractivity contribution in [2.75, 3.05) is 11.9 Å². The van der Waals surface area contributed by atoms with Gasteiger partial charge in [-0.05, 0) is 60.0 Å². The normalized spacial score (nSPS) is 10.3. The quantitative estimate of drug-likeness (QED) is 0.343. The number of carbonyl (C=O) groups excluding carboxylic acids is 3. The third kappa shape index (κ3) is 7.78. The summed E-state index contributed by atoms with van der Waals surface area (Å²) in [6.45, 7) is 3.66. The van der Waals surface area contributed by atoms with E-state index in [4.69, 9.17) is 9.47 Å². The van der Waals surface area contributed by atoms with Crippen molar-refractivity contribution in [1.82, 2.24) is 5.32 Å². The molecular formula is C27H28N2O5. The minimum absolute atomic E-state index is 0.0860. The number of anilines is 1. The number of ether oxygens (including phenoxy) is 2. The first-order chi connectivity index (χ1) is 16.4. The number of hydrogen-bond acceptors (Lipinski definition) is 5. The molecule has 0 fully saturated rings. The number of amides is 2. The Hall–Kier alpha value is -4.13. The highest BCUT2D eigenvalue weighted by atomic mass is 16.5. The van der Waals surface area contributed by atoms with Gasteiger partial charge >= 0.3 is 5.97 Å². The topological polar surface area (TPSA) is 93.7 Å². The van der Waals surface area contributed by atoms with Crippen LogP contribution in [0.3, 0.4) is 0 Å². The van der Waals surface area contributed by atoms with Crippen LogP contribution in [0.5, 0.6) is 11.5 Å². The minimum atomic E-state index is -0.447. The summed E-state index contributed by atoms with van der Waals surface area (Å²) in [5.41, 5.74) is 3.13. The molecule has 0 aliphatic heterocycles. The fraction of sp³-hybridized carbons (Fsp3) is 0.222. The molecule has 2 N–H and O–H groups in total. The summed E-state index contributed by atoms with van der Waals surface area (Å²) < 4.78 is 10.6. The van der Waals surface area contributed by atoms with Crippen molar-refractivity contribution in [3.05, 3.63) is 89.5 Å². The van der Waals surface area contributed by atoms with Gasteiger partial charge < -0.3 is 20.1 Å². The molecule has 3 aromatic carbocycles. The zero-order valence-electron chi connectivity index (χ0n) is 19.3. The largest absolute Gasteiger partial charge is 0.484 e. The Morgan fingerprint density at radius 1 is 0.853 bits per heavy atom. The molecule has 0 aliphatic rings. The number of hydrogen-bond donors (Lipinski definition) is 2. The van der Waals surface area contributed by atoms with Gasteiger partial charge in [-0.1, -0.05) is 43.7 Å². The smallest absolute Gasteiger partial charge is 0.308 e. The molecule has 3 aromatic rings. The average Bonchev–Trinajstić information content (AvgIpc) is 2.83. The fourth-order valence-corrected chi connectivity index (χ4v) is 3.24. The SMILES string of the molecule is CCCc1ccc(OCC(=O)Nc2ccc(CNC(=O)c3cccc(OC(C)=O)c3)cc2)cc1. The van der Waals surface area contributed by atoms with Gasteiger partial charge in [0.15, 0.2) is 6.61 Å². The lowest BCUT2D eigenvalue weighted by Crippen LogP contribution is -2.23. The van der Waals surface area contributed by atoms with Crippen LogP contribution in [-0.2, 0) is 22.6 Å². The lowest BCUT2D eigenvalue weighted by molar-refractivity contribution is -0.131. The van der Waals surface area contributed by atoms with E-state index in [1.807, 2.05) is 36.4 Å². The van der Waals surface area contributed by atoms with Gasteiger partial charge in [0.2, 0.25) is 0 Å². The van der Waals surface area contributed by atoms with Gasteiger partial charge in [-0.15, -0.1) is 0 Å². The summed E-state index contributed by atoms with van der Waals surface area (Å²) in [6, 6.07) is 21.3. The van der Waals surface area contributed by atoms with Gasteiger partial charge in [-0.25, -0.2) is 0 Å². The Balaban J connectivity index is 1.45. The van der Waals surface area contributed by atoms with Gasteiger partial charge in [-0.3, -0.25) is 14.4 Å². The van der Waals surface area contributed by atoms with Crippen LogP contribution in [0.2, 0.25) is 0 Å². The Labute approximate surface area is 199 Å². The standard InChI is InChI=1S/C27H28N2O5/c1-3-5-20-10-14-24(15-11-20)33-18-26(31)29-23-12-8-21(9-13-23)17-28-27(32)22-6-4-7-25(16-22)34-19(2)30/h4,6-16H,3,5,17-18H2,1-2H3,(H,28,32)(H,29,31). The molecule has 0 heterocycles. The van der Waals surface area contributed by atoms with Crippen molar-refractivity contribution in [2.24, 2.45) is 0 Å². The summed E-state index contributed by atoms with van der Waals surface area (Å²) in [5.74, 6) is -0.0211. The first-order valence-electron chi connectivity index (χ1n) is 11.1. The van der Waals surface area contributed by atoms with E-state index in [0.717, 1.165) is 18.4 Å². The van der Waals surface area contributed by atoms with Crippen molar-refractivity contribution >= 4 is 23.5 Å². The molecule has 7 nitrogen and oxygen atoms in total. The van der Waals surface area contributed by atoms with Crippen molar-refractivity contribution < 1.29 is 23.9 Å². The molecule has 0 spiro atoms. The first-order valence-corrected chi connectivity index (χ1v) is 11.1. The van der Waals surface area contributed by atoms with Crippen LogP contribution < -0.4 is 20.1 Å². The summed E-state index contributed by atoms with van der Waals surface area (Å²) in [5, 5.41) is 5.61. The third-order valence-electron chi connectivity index (χ3n) is 4.88. The van der Waals surface area contributed by atoms with Crippen molar-refractivity contribution in [3.63, 3.8) is 0 Å². The molecule has 3 rings (SSSR count). The zero-order valence-corrected chi connectivity index (χ0v) is 19.3. The molecule has 2 amide bonds. The second-order valence-electron chi connectivity index (χ2n) is 7.73. The Morgan fingerprint density at radius 2 is 1.56 bits per heavy atom. The highest BCUT2D eigenvalue weighted by molar-refractivity contribution is 5.94. The van der Waals surface area contributed by atoms with Gasteiger partial charge in [0.25, 0.3) is 11.8 Å². The zero-order chi connectivity index (χ0) is 24.3. The molecule has 0 radical (unpaired) electrons. The second kappa shape index (κ2) is 12.2. The highest BCUT2D eigenvalue weighted by Crippen LogP contribution is 2.15. The van der Waals surface area contributed by atoms with Crippen molar-refractivity contribution in [1.29, 1.82) is 0 Å². The third-order valence-corrected chi connectivity index (χ3v) is 4.88. The summed E-state index contributed by atoms with van der Waals surface area (Å²) in [7, 11) is 0. The van der Waals surface area contributed by atoms with E-state index in [0.29, 0.717) is 29.3 Å². The molecule has 7 heteroatoms. The van der Waals surface area contributed by atoms with Crippen LogP contribution in [0.25, 0.3) is 0 Å². The molecule has 176 valence electrons. The summed E-state index contributed by atoms with van der Waals surface area (Å²) in [4.78, 5) is 35.6. The molecule has 0 aromatic heterocycles. The van der Waals surface area contributed by atoms with Gasteiger partial charge in [0, 0.05) is 24.7 Å². The number of esters is 1. The van der Waals surface area contributed by atoms with Crippen LogP contribution in [0.4, 0.5) is 5.69 Å². The van der Waals surface area contributed by atoms with Crippen molar-refractivity contribution in [2.45, 2.75) is 33.2 Å². The lowest BCUT2D eigenvalue weighted by atomic mass is 10.1. The van der Waals surface area contributed by atoms with Crippen LogP contribution in [0.15, 0.2) is 72.8 Å². The van der Waals surface area contributed by atoms with Crippen LogP contribution in [0.1, 0.15) is 41.8 Å². The number of rotatable bonds is 10. The lowest BCUT2D eigenvalue weighted by Gasteiger charge is -2.10. The average molecular weight is 461 g/mol. The Bertz CT molecular complexity index is 1120. The molecule has 0 saturated carbocycles. The van der Waals surface area contributed by atoms with E-state index >= 15 is 0 Å². The van der Waals surface area contributed by atoms with Crippen molar-refractivity contribution in [3.8, 4) is 11.5 Å². The maximum Gasteiger partial charge on any atom is 0.308 e. The van der Waals surface area contributed by atoms with Gasteiger partial charge in [-0.2, -0.15) is 0 Å². The Morgan fingerprint density at radius 3 is 2.24 bits per heavy atom. The molecule has 0 atom stereocenters. The number of carbonyl (C=O) groups is 3. The number of aryl methyl sites for hydroxylation is 1. The predicted molar refractivity (Wildman–Crippen MR) is 130 cm³/mol. The fourth-order valence-electron chi connectivity index (χ4n) is 3.24. The van der Waals surface area contributed by atoms with E-state index < -0.39 is 5.97 Å². The molecule has 0 saturated heterocycles. The first kappa shape index (κ1) is 24.5. The Kier molecular flexibility index (Phi) is 8.80. The van der Waals surface area contributed by atoms with E-state index in [-0.39, 0.29) is 18.4 Å². The monoisotopic (exact) mass is 460 g/mol. The van der Waals surface area contributed by atoms with Crippen LogP contribution in [0, 0.1) is 0 Å². The molecule has 0 aliphatic carbocycles. The molecular weight excluding hydrogens is 432 g/mol. The van der Waals surface area contributed by atoms with E-state index in [1.54, 1.807) is 30.3 Å². The van der Waals surface area contributed by atoms with E-state index in [9.17, 15) is 14.4 Å². The maximum atomic E-state index is 12.4. The van der Waals surface area contributed by atoms with E-state index in [2.05, 4.69) is 17.6 Å². The maximum absolute atomic E-state index is 12.4. The molecule has 0 unspecified atom stereocenters. The number of nitrogens with one attached hydrogen (secondary N) is 2. The summed E-state index contributed by atoms with van der Waals surface area (Å²) >= 11 is 0. The van der Waals surface area contributed by atoms with Crippen LogP contribution in [-0.4, -0.2) is 24.4 Å². The van der Waals surface area contributed by atoms with Gasteiger partial charge in [0.1, 0.15) is 11.5 Å². The predicted octanol–water partition coefficient (Wildman–Crippen LogP) is 4.51. The van der Waals surface area contributed by atoms with Gasteiger partial charge in [0.05, 0.1) is 0 Å².